The Bertz CT molecular complexity index is 1210. The fourth-order valence-electron chi connectivity index (χ4n) is 3.57. The summed E-state index contributed by atoms with van der Waals surface area (Å²) < 4.78 is 8.98. The summed E-state index contributed by atoms with van der Waals surface area (Å²) in [4.78, 5) is 21.0. The van der Waals surface area contributed by atoms with Gasteiger partial charge < -0.3 is 15.8 Å². The average Bonchev–Trinajstić information content (AvgIpc) is 3.44. The van der Waals surface area contributed by atoms with Crippen LogP contribution in [0.2, 0.25) is 0 Å². The summed E-state index contributed by atoms with van der Waals surface area (Å²) in [5, 5.41) is 13.0. The predicted molar refractivity (Wildman–Crippen MR) is 102 cm³/mol. The van der Waals surface area contributed by atoms with Crippen molar-refractivity contribution in [3.8, 4) is 11.4 Å². The van der Waals surface area contributed by atoms with E-state index in [0.29, 0.717) is 36.1 Å². The van der Waals surface area contributed by atoms with Crippen LogP contribution in [0.25, 0.3) is 28.1 Å². The molecule has 4 aromatic rings. The van der Waals surface area contributed by atoms with Gasteiger partial charge in [0.25, 0.3) is 5.91 Å². The number of primary amides is 1. The lowest BCUT2D eigenvalue weighted by Gasteiger charge is -2.08. The van der Waals surface area contributed by atoms with E-state index in [-0.39, 0.29) is 11.6 Å². The highest BCUT2D eigenvalue weighted by atomic mass is 16.5. The summed E-state index contributed by atoms with van der Waals surface area (Å²) in [6, 6.07) is 5.81. The van der Waals surface area contributed by atoms with Gasteiger partial charge in [-0.25, -0.2) is 14.6 Å². The van der Waals surface area contributed by atoms with Crippen LogP contribution in [-0.4, -0.2) is 55.5 Å². The topological polar surface area (TPSA) is 125 Å². The number of carbonyl (C=O) groups is 1. The molecule has 10 nitrogen and oxygen atoms in total. The van der Waals surface area contributed by atoms with E-state index in [0.717, 1.165) is 17.5 Å². The third-order valence-corrected chi connectivity index (χ3v) is 4.95. The van der Waals surface area contributed by atoms with Gasteiger partial charge >= 0.3 is 0 Å². The third kappa shape index (κ3) is 2.42. The fraction of sp³-hybridized carbons (Fsp3) is 0.278. The van der Waals surface area contributed by atoms with Crippen LogP contribution in [0.4, 0.5) is 5.82 Å². The van der Waals surface area contributed by atoms with Gasteiger partial charge in [-0.3, -0.25) is 4.79 Å². The molecule has 4 aromatic heterocycles. The maximum absolute atomic E-state index is 11.8. The molecule has 1 aliphatic rings. The lowest BCUT2D eigenvalue weighted by atomic mass is 10.2. The van der Waals surface area contributed by atoms with Crippen LogP contribution >= 0.6 is 0 Å². The third-order valence-electron chi connectivity index (χ3n) is 4.95. The summed E-state index contributed by atoms with van der Waals surface area (Å²) >= 11 is 0. The van der Waals surface area contributed by atoms with Crippen molar-refractivity contribution in [2.24, 2.45) is 5.73 Å². The molecular weight excluding hydrogens is 360 g/mol. The molecule has 10 heteroatoms. The van der Waals surface area contributed by atoms with E-state index >= 15 is 0 Å². The van der Waals surface area contributed by atoms with Crippen LogP contribution in [0.5, 0.6) is 0 Å². The van der Waals surface area contributed by atoms with Crippen molar-refractivity contribution in [1.82, 2.24) is 29.4 Å². The summed E-state index contributed by atoms with van der Waals surface area (Å²) in [6.45, 7) is 1.32. The van der Waals surface area contributed by atoms with Gasteiger partial charge in [0.2, 0.25) is 0 Å². The van der Waals surface area contributed by atoms with Gasteiger partial charge in [0.15, 0.2) is 11.3 Å². The Labute approximate surface area is 159 Å². The molecule has 0 radical (unpaired) electrons. The molecular formula is C18H18N8O2. The molecule has 1 fully saturated rings. The second-order valence-corrected chi connectivity index (χ2v) is 6.62. The van der Waals surface area contributed by atoms with Crippen molar-refractivity contribution >= 4 is 28.4 Å². The maximum atomic E-state index is 11.8. The Morgan fingerprint density at radius 1 is 1.39 bits per heavy atom. The molecule has 1 saturated heterocycles. The second-order valence-electron chi connectivity index (χ2n) is 6.62. The zero-order valence-electron chi connectivity index (χ0n) is 15.2. The number of amides is 1. The minimum absolute atomic E-state index is 0.134. The Hall–Kier alpha value is -3.53. The first-order valence-electron chi connectivity index (χ1n) is 8.95. The van der Waals surface area contributed by atoms with Crippen molar-refractivity contribution in [2.45, 2.75) is 12.5 Å². The van der Waals surface area contributed by atoms with Crippen LogP contribution in [0.1, 0.15) is 22.8 Å². The highest BCUT2D eigenvalue weighted by Gasteiger charge is 2.25. The molecule has 28 heavy (non-hydrogen) atoms. The molecule has 1 aliphatic heterocycles. The van der Waals surface area contributed by atoms with Gasteiger partial charge in [0.1, 0.15) is 17.1 Å². The molecule has 0 bridgehead atoms. The average molecular weight is 378 g/mol. The molecule has 1 amide bonds. The lowest BCUT2D eigenvalue weighted by molar-refractivity contribution is 0.100. The van der Waals surface area contributed by atoms with Crippen LogP contribution in [0, 0.1) is 0 Å². The van der Waals surface area contributed by atoms with Crippen LogP contribution in [0.15, 0.2) is 30.6 Å². The first-order valence-corrected chi connectivity index (χ1v) is 8.95. The van der Waals surface area contributed by atoms with Crippen molar-refractivity contribution in [3.05, 3.63) is 36.2 Å². The van der Waals surface area contributed by atoms with E-state index in [1.54, 1.807) is 17.8 Å². The molecule has 142 valence electrons. The van der Waals surface area contributed by atoms with Gasteiger partial charge in [-0.1, -0.05) is 0 Å². The standard InChI is InChI=1S/C18H18N8O2/c1-20-14-7-13(23-18-12(16(19)27)8-22-26(14)18)15-11-3-2-5-21-17(11)25(24-15)10-4-6-28-9-10/h2-3,5,7-8,10,20H,4,6,9H2,1H3,(H2,19,27). The number of nitrogens with zero attached hydrogens (tertiary/aromatic N) is 6. The molecule has 5 heterocycles. The monoisotopic (exact) mass is 378 g/mol. The SMILES string of the molecule is CNc1cc(-c2nn(C3CCOC3)c3ncccc23)nc2c(C(N)=O)cnn12. The number of ether oxygens (including phenoxy) is 1. The Morgan fingerprint density at radius 3 is 3.04 bits per heavy atom. The zero-order valence-corrected chi connectivity index (χ0v) is 15.2. The van der Waals surface area contributed by atoms with E-state index in [1.807, 2.05) is 22.9 Å². The number of pyridine rings is 1. The zero-order chi connectivity index (χ0) is 19.3. The lowest BCUT2D eigenvalue weighted by Crippen LogP contribution is -2.12. The largest absolute Gasteiger partial charge is 0.379 e. The molecule has 0 aliphatic carbocycles. The Morgan fingerprint density at radius 2 is 2.29 bits per heavy atom. The number of nitrogens with one attached hydrogen (secondary N) is 1. The summed E-state index contributed by atoms with van der Waals surface area (Å²) in [5.74, 6) is 0.0881. The highest BCUT2D eigenvalue weighted by molar-refractivity contribution is 5.99. The number of hydrogen-bond donors (Lipinski definition) is 2. The van der Waals surface area contributed by atoms with Crippen LogP contribution in [-0.2, 0) is 4.74 Å². The van der Waals surface area contributed by atoms with Crippen molar-refractivity contribution in [2.75, 3.05) is 25.6 Å². The smallest absolute Gasteiger partial charge is 0.254 e. The first kappa shape index (κ1) is 16.6. The maximum Gasteiger partial charge on any atom is 0.254 e. The Kier molecular flexibility index (Phi) is 3.72. The van der Waals surface area contributed by atoms with E-state index in [1.165, 1.54) is 6.20 Å². The minimum Gasteiger partial charge on any atom is -0.379 e. The second kappa shape index (κ2) is 6.27. The highest BCUT2D eigenvalue weighted by Crippen LogP contribution is 2.31. The Balaban J connectivity index is 1.77. The molecule has 1 unspecified atom stereocenters. The van der Waals surface area contributed by atoms with Crippen molar-refractivity contribution < 1.29 is 9.53 Å². The van der Waals surface area contributed by atoms with Gasteiger partial charge in [-0.15, -0.1) is 0 Å². The van der Waals surface area contributed by atoms with E-state index < -0.39 is 5.91 Å². The van der Waals surface area contributed by atoms with Gasteiger partial charge in [-0.05, 0) is 18.6 Å². The van der Waals surface area contributed by atoms with E-state index in [2.05, 4.69) is 20.4 Å². The number of aromatic nitrogens is 6. The molecule has 5 rings (SSSR count). The minimum atomic E-state index is -0.582. The van der Waals surface area contributed by atoms with Crippen molar-refractivity contribution in [3.63, 3.8) is 0 Å². The number of carbonyl (C=O) groups excluding carboxylic acids is 1. The summed E-state index contributed by atoms with van der Waals surface area (Å²) in [7, 11) is 1.78. The molecule has 3 N–H and O–H groups in total. The summed E-state index contributed by atoms with van der Waals surface area (Å²) in [5.41, 5.74) is 8.19. The molecule has 0 aromatic carbocycles. The number of anilines is 1. The number of fused-ring (bicyclic) bond motifs is 2. The van der Waals surface area contributed by atoms with Gasteiger partial charge in [0.05, 0.1) is 24.5 Å². The number of nitrogens with two attached hydrogens (primary N) is 1. The van der Waals surface area contributed by atoms with Crippen molar-refractivity contribution in [1.29, 1.82) is 0 Å². The first-order chi connectivity index (χ1) is 13.7. The normalized spacial score (nSPS) is 16.8. The quantitative estimate of drug-likeness (QED) is 0.547. The van der Waals surface area contributed by atoms with Gasteiger partial charge in [-0.2, -0.15) is 14.7 Å². The molecule has 0 spiro atoms. The van der Waals surface area contributed by atoms with E-state index in [4.69, 9.17) is 15.6 Å². The molecule has 0 saturated carbocycles. The number of hydrogen-bond acceptors (Lipinski definition) is 7. The van der Waals surface area contributed by atoms with Gasteiger partial charge in [0, 0.05) is 31.3 Å². The van der Waals surface area contributed by atoms with E-state index in [9.17, 15) is 4.79 Å². The molecule has 1 atom stereocenters. The predicted octanol–water partition coefficient (Wildman–Crippen LogP) is 1.24. The van der Waals surface area contributed by atoms with Crippen LogP contribution in [0.3, 0.4) is 0 Å². The fourth-order valence-corrected chi connectivity index (χ4v) is 3.57. The number of rotatable bonds is 4. The summed E-state index contributed by atoms with van der Waals surface area (Å²) in [6.07, 6.45) is 4.05. The van der Waals surface area contributed by atoms with Crippen LogP contribution < -0.4 is 11.1 Å².